The second-order valence-electron chi connectivity index (χ2n) is 5.90. The molecule has 2 aromatic carbocycles. The van der Waals surface area contributed by atoms with Crippen molar-refractivity contribution >= 4 is 51.1 Å². The first-order chi connectivity index (χ1) is 11.9. The van der Waals surface area contributed by atoms with E-state index in [4.69, 9.17) is 34.3 Å². The lowest BCUT2D eigenvalue weighted by molar-refractivity contribution is 0.790. The van der Waals surface area contributed by atoms with Crippen LogP contribution in [-0.2, 0) is 0 Å². The number of aromatic amines is 2. The van der Waals surface area contributed by atoms with Gasteiger partial charge in [0.2, 0.25) is 0 Å². The Kier molecular flexibility index (Phi) is 3.67. The SMILES string of the molecule is CC(c1nc2cc(C(=N)N)ccc2[nH]1)c1nc2c(Cl)cc(Cl)cc2[nH]1. The van der Waals surface area contributed by atoms with Gasteiger partial charge in [-0.05, 0) is 37.3 Å². The molecule has 0 fully saturated rings. The van der Waals surface area contributed by atoms with Crippen LogP contribution in [0.4, 0.5) is 0 Å². The Morgan fingerprint density at radius 1 is 1.08 bits per heavy atom. The first-order valence-electron chi connectivity index (χ1n) is 7.61. The van der Waals surface area contributed by atoms with E-state index in [9.17, 15) is 0 Å². The Hall–Kier alpha value is -2.57. The van der Waals surface area contributed by atoms with E-state index >= 15 is 0 Å². The summed E-state index contributed by atoms with van der Waals surface area (Å²) in [6.07, 6.45) is 0. The molecular formula is C17H14Cl2N6. The highest BCUT2D eigenvalue weighted by Gasteiger charge is 2.18. The number of nitrogens with two attached hydrogens (primary N) is 1. The molecule has 1 atom stereocenters. The number of amidine groups is 1. The van der Waals surface area contributed by atoms with Crippen LogP contribution in [0, 0.1) is 5.41 Å². The van der Waals surface area contributed by atoms with Crippen LogP contribution >= 0.6 is 23.2 Å². The third-order valence-electron chi connectivity index (χ3n) is 4.16. The second kappa shape index (κ2) is 5.75. The summed E-state index contributed by atoms with van der Waals surface area (Å²) >= 11 is 12.3. The number of aromatic nitrogens is 4. The molecule has 0 radical (unpaired) electrons. The fraction of sp³-hybridized carbons (Fsp3) is 0.118. The molecule has 6 nitrogen and oxygen atoms in total. The molecule has 25 heavy (non-hydrogen) atoms. The lowest BCUT2D eigenvalue weighted by Gasteiger charge is -2.03. The standard InChI is InChI=1S/C17H14Cl2N6/c1-7(17-24-13-6-9(18)5-10(19)14(13)25-17)16-22-11-3-2-8(15(20)21)4-12(11)23-16/h2-7H,1H3,(H3,20,21)(H,22,23)(H,24,25). The third-order valence-corrected chi connectivity index (χ3v) is 4.66. The van der Waals surface area contributed by atoms with E-state index in [0.29, 0.717) is 21.1 Å². The van der Waals surface area contributed by atoms with Gasteiger partial charge in [-0.1, -0.05) is 23.2 Å². The molecule has 2 aromatic heterocycles. The lowest BCUT2D eigenvalue weighted by atomic mass is 10.1. The number of hydrogen-bond donors (Lipinski definition) is 4. The third kappa shape index (κ3) is 2.73. The van der Waals surface area contributed by atoms with E-state index in [2.05, 4.69) is 19.9 Å². The van der Waals surface area contributed by atoms with Crippen molar-refractivity contribution in [1.29, 1.82) is 5.41 Å². The number of H-pyrrole nitrogens is 2. The average molecular weight is 373 g/mol. The first-order valence-corrected chi connectivity index (χ1v) is 8.36. The summed E-state index contributed by atoms with van der Waals surface area (Å²) in [5, 5.41) is 8.60. The molecule has 126 valence electrons. The van der Waals surface area contributed by atoms with Crippen LogP contribution in [0.15, 0.2) is 30.3 Å². The molecule has 0 aliphatic rings. The fourth-order valence-corrected chi connectivity index (χ4v) is 3.33. The largest absolute Gasteiger partial charge is 0.384 e. The van der Waals surface area contributed by atoms with Gasteiger partial charge >= 0.3 is 0 Å². The number of nitrogens with zero attached hydrogens (tertiary/aromatic N) is 2. The van der Waals surface area contributed by atoms with Crippen molar-refractivity contribution in [2.45, 2.75) is 12.8 Å². The highest BCUT2D eigenvalue weighted by atomic mass is 35.5. The van der Waals surface area contributed by atoms with Crippen LogP contribution in [0.25, 0.3) is 22.1 Å². The van der Waals surface area contributed by atoms with Crippen molar-refractivity contribution in [2.75, 3.05) is 0 Å². The van der Waals surface area contributed by atoms with E-state index < -0.39 is 0 Å². The van der Waals surface area contributed by atoms with Gasteiger partial charge in [-0.3, -0.25) is 5.41 Å². The van der Waals surface area contributed by atoms with E-state index in [1.165, 1.54) is 0 Å². The van der Waals surface area contributed by atoms with Gasteiger partial charge in [0.05, 0.1) is 27.5 Å². The topological polar surface area (TPSA) is 107 Å². The normalized spacial score (nSPS) is 12.8. The minimum absolute atomic E-state index is 0.0169. The van der Waals surface area contributed by atoms with Gasteiger partial charge in [0.1, 0.15) is 23.0 Å². The molecule has 1 unspecified atom stereocenters. The molecule has 0 spiro atoms. The number of halogens is 2. The van der Waals surface area contributed by atoms with Crippen molar-refractivity contribution in [3.05, 3.63) is 57.6 Å². The number of nitrogen functional groups attached to an aromatic ring is 1. The number of fused-ring (bicyclic) bond motifs is 2. The van der Waals surface area contributed by atoms with Crippen LogP contribution in [0.3, 0.4) is 0 Å². The quantitative estimate of drug-likeness (QED) is 0.320. The second-order valence-corrected chi connectivity index (χ2v) is 6.74. The number of rotatable bonds is 3. The molecule has 4 aromatic rings. The Labute approximate surface area is 152 Å². The molecule has 4 rings (SSSR count). The lowest BCUT2D eigenvalue weighted by Crippen LogP contribution is -2.10. The van der Waals surface area contributed by atoms with Crippen molar-refractivity contribution in [3.8, 4) is 0 Å². The smallest absolute Gasteiger partial charge is 0.122 e. The maximum atomic E-state index is 7.54. The molecule has 2 heterocycles. The number of hydrogen-bond acceptors (Lipinski definition) is 3. The van der Waals surface area contributed by atoms with Crippen LogP contribution in [0.5, 0.6) is 0 Å². The number of nitrogens with one attached hydrogen (secondary N) is 3. The van der Waals surface area contributed by atoms with Gasteiger partial charge in [0.15, 0.2) is 0 Å². The first kappa shape index (κ1) is 15.9. The van der Waals surface area contributed by atoms with E-state index in [1.54, 1.807) is 24.3 Å². The molecule has 0 aliphatic carbocycles. The van der Waals surface area contributed by atoms with Crippen LogP contribution in [0.2, 0.25) is 10.0 Å². The molecule has 0 saturated heterocycles. The number of benzene rings is 2. The average Bonchev–Trinajstić information content (AvgIpc) is 3.16. The Morgan fingerprint density at radius 3 is 2.56 bits per heavy atom. The van der Waals surface area contributed by atoms with Gasteiger partial charge in [-0.25, -0.2) is 9.97 Å². The van der Waals surface area contributed by atoms with Crippen LogP contribution in [0.1, 0.15) is 30.1 Å². The predicted molar refractivity (Wildman–Crippen MR) is 101 cm³/mol. The summed E-state index contributed by atoms with van der Waals surface area (Å²) < 4.78 is 0. The van der Waals surface area contributed by atoms with Crippen molar-refractivity contribution in [2.24, 2.45) is 5.73 Å². The van der Waals surface area contributed by atoms with Gasteiger partial charge in [-0.15, -0.1) is 0 Å². The molecule has 5 N–H and O–H groups in total. The zero-order valence-corrected chi connectivity index (χ0v) is 14.7. The van der Waals surface area contributed by atoms with Crippen LogP contribution in [-0.4, -0.2) is 25.8 Å². The summed E-state index contributed by atoms with van der Waals surface area (Å²) in [6.45, 7) is 2.00. The van der Waals surface area contributed by atoms with Gasteiger partial charge in [-0.2, -0.15) is 0 Å². The van der Waals surface area contributed by atoms with E-state index in [-0.39, 0.29) is 11.8 Å². The van der Waals surface area contributed by atoms with Gasteiger partial charge in [0.25, 0.3) is 0 Å². The summed E-state index contributed by atoms with van der Waals surface area (Å²) in [6, 6.07) is 8.92. The summed E-state index contributed by atoms with van der Waals surface area (Å²) in [7, 11) is 0. The zero-order valence-electron chi connectivity index (χ0n) is 13.2. The molecule has 0 saturated carbocycles. The van der Waals surface area contributed by atoms with Crippen LogP contribution < -0.4 is 5.73 Å². The molecule has 0 amide bonds. The highest BCUT2D eigenvalue weighted by molar-refractivity contribution is 6.38. The minimum Gasteiger partial charge on any atom is -0.384 e. The Balaban J connectivity index is 1.77. The maximum Gasteiger partial charge on any atom is 0.122 e. The number of imidazole rings is 2. The summed E-state index contributed by atoms with van der Waals surface area (Å²) in [4.78, 5) is 15.7. The van der Waals surface area contributed by atoms with Gasteiger partial charge < -0.3 is 15.7 Å². The summed E-state index contributed by atoms with van der Waals surface area (Å²) in [5.41, 5.74) is 9.29. The maximum absolute atomic E-state index is 7.54. The van der Waals surface area contributed by atoms with Crippen molar-refractivity contribution in [3.63, 3.8) is 0 Å². The Morgan fingerprint density at radius 2 is 1.80 bits per heavy atom. The van der Waals surface area contributed by atoms with Gasteiger partial charge in [0, 0.05) is 10.6 Å². The summed E-state index contributed by atoms with van der Waals surface area (Å²) in [5.74, 6) is 1.42. The molecule has 8 heteroatoms. The molecule has 0 bridgehead atoms. The fourth-order valence-electron chi connectivity index (χ4n) is 2.79. The van der Waals surface area contributed by atoms with Crippen molar-refractivity contribution in [1.82, 2.24) is 19.9 Å². The van der Waals surface area contributed by atoms with Crippen molar-refractivity contribution < 1.29 is 0 Å². The predicted octanol–water partition coefficient (Wildman–Crippen LogP) is 4.18. The van der Waals surface area contributed by atoms with E-state index in [1.807, 2.05) is 13.0 Å². The van der Waals surface area contributed by atoms with E-state index in [0.717, 1.165) is 28.2 Å². The minimum atomic E-state index is -0.101. The molecule has 0 aliphatic heterocycles. The molecular weight excluding hydrogens is 359 g/mol. The Bertz CT molecular complexity index is 1130. The zero-order chi connectivity index (χ0) is 17.7. The highest BCUT2D eigenvalue weighted by Crippen LogP contribution is 2.30. The monoisotopic (exact) mass is 372 g/mol.